The molecule has 1 fully saturated rings. The zero-order valence-electron chi connectivity index (χ0n) is 12.6. The number of aromatic nitrogens is 2. The third-order valence-corrected chi connectivity index (χ3v) is 4.61. The minimum Gasteiger partial charge on any atom is -0.481 e. The van der Waals surface area contributed by atoms with Crippen LogP contribution in [0.5, 0.6) is 0 Å². The lowest BCUT2D eigenvalue weighted by molar-refractivity contribution is -0.143. The highest BCUT2D eigenvalue weighted by Gasteiger charge is 2.26. The van der Waals surface area contributed by atoms with E-state index in [0.29, 0.717) is 24.5 Å². The van der Waals surface area contributed by atoms with Gasteiger partial charge in [0.15, 0.2) is 0 Å². The summed E-state index contributed by atoms with van der Waals surface area (Å²) < 4.78 is 7.83. The highest BCUT2D eigenvalue weighted by Crippen LogP contribution is 2.28. The summed E-state index contributed by atoms with van der Waals surface area (Å²) in [4.78, 5) is 10.9. The Morgan fingerprint density at radius 3 is 2.57 bits per heavy atom. The molecule has 1 aromatic rings. The van der Waals surface area contributed by atoms with Gasteiger partial charge in [-0.25, -0.2) is 0 Å². The van der Waals surface area contributed by atoms with Crippen LogP contribution < -0.4 is 0 Å². The van der Waals surface area contributed by atoms with Crippen molar-refractivity contribution >= 4 is 17.6 Å². The van der Waals surface area contributed by atoms with Crippen molar-refractivity contribution < 1.29 is 14.6 Å². The molecule has 0 amide bonds. The van der Waals surface area contributed by atoms with Gasteiger partial charge in [0, 0.05) is 6.54 Å². The second kappa shape index (κ2) is 7.27. The van der Waals surface area contributed by atoms with Gasteiger partial charge in [0.2, 0.25) is 0 Å². The van der Waals surface area contributed by atoms with Crippen LogP contribution in [0.3, 0.4) is 0 Å². The minimum absolute atomic E-state index is 0.127. The summed E-state index contributed by atoms with van der Waals surface area (Å²) in [6.45, 7) is 5.28. The van der Waals surface area contributed by atoms with Gasteiger partial charge in [-0.05, 0) is 39.0 Å². The summed E-state index contributed by atoms with van der Waals surface area (Å²) in [5.74, 6) is -0.894. The lowest BCUT2D eigenvalue weighted by atomic mass is 9.87. The largest absolute Gasteiger partial charge is 0.481 e. The average molecular weight is 315 g/mol. The van der Waals surface area contributed by atoms with Crippen molar-refractivity contribution in [2.75, 3.05) is 0 Å². The number of hydrogen-bond donors (Lipinski definition) is 1. The quantitative estimate of drug-likeness (QED) is 0.875. The van der Waals surface area contributed by atoms with E-state index in [4.69, 9.17) is 21.4 Å². The summed E-state index contributed by atoms with van der Waals surface area (Å²) in [7, 11) is 0. The fraction of sp³-hybridized carbons (Fsp3) is 0.733. The molecular weight excluding hydrogens is 292 g/mol. The number of aryl methyl sites for hydroxylation is 2. The molecule has 2 rings (SSSR count). The summed E-state index contributed by atoms with van der Waals surface area (Å²) >= 11 is 6.35. The highest BCUT2D eigenvalue weighted by atomic mass is 35.5. The number of rotatable bonds is 6. The predicted molar refractivity (Wildman–Crippen MR) is 80.5 cm³/mol. The standard InChI is InChI=1S/C15H23ClN2O3/c1-3-12-14(16)13(18(4-2)17-12)9-21-11-7-5-10(6-8-11)15(19)20/h10-11H,3-9H2,1-2H3,(H,19,20). The summed E-state index contributed by atoms with van der Waals surface area (Å²) in [6.07, 6.45) is 3.93. The fourth-order valence-electron chi connectivity index (χ4n) is 2.83. The van der Waals surface area contributed by atoms with Crippen LogP contribution >= 0.6 is 11.6 Å². The van der Waals surface area contributed by atoms with Crippen molar-refractivity contribution in [1.82, 2.24) is 9.78 Å². The van der Waals surface area contributed by atoms with Crippen LogP contribution in [0.25, 0.3) is 0 Å². The van der Waals surface area contributed by atoms with Gasteiger partial charge in [-0.2, -0.15) is 5.10 Å². The van der Waals surface area contributed by atoms with Gasteiger partial charge in [-0.1, -0.05) is 18.5 Å². The maximum absolute atomic E-state index is 10.9. The molecule has 0 bridgehead atoms. The van der Waals surface area contributed by atoms with E-state index < -0.39 is 5.97 Å². The Balaban J connectivity index is 1.92. The molecule has 0 atom stereocenters. The van der Waals surface area contributed by atoms with Crippen LogP contribution in [0.4, 0.5) is 0 Å². The Hall–Kier alpha value is -1.07. The maximum atomic E-state index is 10.9. The molecule has 0 aliphatic heterocycles. The van der Waals surface area contributed by atoms with Crippen molar-refractivity contribution in [2.45, 2.75) is 65.2 Å². The van der Waals surface area contributed by atoms with E-state index in [0.717, 1.165) is 37.2 Å². The first kappa shape index (κ1) is 16.3. The topological polar surface area (TPSA) is 64.4 Å². The van der Waals surface area contributed by atoms with E-state index in [-0.39, 0.29) is 12.0 Å². The van der Waals surface area contributed by atoms with E-state index in [2.05, 4.69) is 5.10 Å². The minimum atomic E-state index is -0.687. The van der Waals surface area contributed by atoms with Gasteiger partial charge in [0.25, 0.3) is 0 Å². The lowest BCUT2D eigenvalue weighted by Crippen LogP contribution is -2.26. The molecular formula is C15H23ClN2O3. The molecule has 1 saturated carbocycles. The van der Waals surface area contributed by atoms with Crippen LogP contribution in [0, 0.1) is 5.92 Å². The number of hydrogen-bond acceptors (Lipinski definition) is 3. The molecule has 21 heavy (non-hydrogen) atoms. The molecule has 0 spiro atoms. The normalized spacial score (nSPS) is 22.4. The van der Waals surface area contributed by atoms with Crippen LogP contribution in [0.2, 0.25) is 5.02 Å². The van der Waals surface area contributed by atoms with E-state index in [1.165, 1.54) is 0 Å². The number of halogens is 1. The molecule has 1 aromatic heterocycles. The van der Waals surface area contributed by atoms with E-state index >= 15 is 0 Å². The number of carboxylic acid groups (broad SMARTS) is 1. The Morgan fingerprint density at radius 2 is 2.05 bits per heavy atom. The molecule has 1 aliphatic carbocycles. The van der Waals surface area contributed by atoms with Gasteiger partial charge in [0.1, 0.15) is 0 Å². The van der Waals surface area contributed by atoms with Gasteiger partial charge in [-0.3, -0.25) is 9.48 Å². The van der Waals surface area contributed by atoms with Gasteiger partial charge < -0.3 is 9.84 Å². The van der Waals surface area contributed by atoms with Crippen LogP contribution in [0.15, 0.2) is 0 Å². The zero-order chi connectivity index (χ0) is 15.4. The predicted octanol–water partition coefficient (Wildman–Crippen LogP) is 3.28. The van der Waals surface area contributed by atoms with Gasteiger partial charge >= 0.3 is 5.97 Å². The fourth-order valence-corrected chi connectivity index (χ4v) is 3.15. The van der Waals surface area contributed by atoms with Crippen LogP contribution in [-0.4, -0.2) is 27.0 Å². The number of ether oxygens (including phenoxy) is 1. The van der Waals surface area contributed by atoms with E-state index in [9.17, 15) is 4.79 Å². The summed E-state index contributed by atoms with van der Waals surface area (Å²) in [5, 5.41) is 14.2. The highest BCUT2D eigenvalue weighted by molar-refractivity contribution is 6.31. The zero-order valence-corrected chi connectivity index (χ0v) is 13.4. The average Bonchev–Trinajstić information content (AvgIpc) is 2.81. The second-order valence-corrected chi connectivity index (χ2v) is 5.88. The molecule has 0 radical (unpaired) electrons. The SMILES string of the molecule is CCc1nn(CC)c(COC2CCC(C(=O)O)CC2)c1Cl. The maximum Gasteiger partial charge on any atom is 0.306 e. The molecule has 1 heterocycles. The summed E-state index contributed by atoms with van der Waals surface area (Å²) in [5.41, 5.74) is 1.84. The number of carbonyl (C=O) groups is 1. The molecule has 0 saturated heterocycles. The lowest BCUT2D eigenvalue weighted by Gasteiger charge is -2.26. The Bertz CT molecular complexity index is 493. The Morgan fingerprint density at radius 1 is 1.38 bits per heavy atom. The number of aliphatic carboxylic acids is 1. The molecule has 5 nitrogen and oxygen atoms in total. The van der Waals surface area contributed by atoms with Crippen molar-refractivity contribution in [3.63, 3.8) is 0 Å². The smallest absolute Gasteiger partial charge is 0.306 e. The molecule has 1 aliphatic rings. The van der Waals surface area contributed by atoms with Crippen molar-refractivity contribution in [3.8, 4) is 0 Å². The second-order valence-electron chi connectivity index (χ2n) is 5.50. The van der Waals surface area contributed by atoms with Crippen molar-refractivity contribution in [3.05, 3.63) is 16.4 Å². The number of carboxylic acids is 1. The Kier molecular flexibility index (Phi) is 5.65. The first-order valence-electron chi connectivity index (χ1n) is 7.65. The van der Waals surface area contributed by atoms with Crippen molar-refractivity contribution in [2.24, 2.45) is 5.92 Å². The monoisotopic (exact) mass is 314 g/mol. The number of nitrogens with zero attached hydrogens (tertiary/aromatic N) is 2. The molecule has 0 aromatic carbocycles. The molecule has 6 heteroatoms. The molecule has 1 N–H and O–H groups in total. The van der Waals surface area contributed by atoms with E-state index in [1.54, 1.807) is 0 Å². The van der Waals surface area contributed by atoms with Crippen molar-refractivity contribution in [1.29, 1.82) is 0 Å². The van der Waals surface area contributed by atoms with Gasteiger partial charge in [-0.15, -0.1) is 0 Å². The first-order valence-corrected chi connectivity index (χ1v) is 8.03. The van der Waals surface area contributed by atoms with E-state index in [1.807, 2.05) is 18.5 Å². The third kappa shape index (κ3) is 3.77. The van der Waals surface area contributed by atoms with Gasteiger partial charge in [0.05, 0.1) is 35.0 Å². The molecule has 118 valence electrons. The Labute approximate surface area is 130 Å². The molecule has 0 unspecified atom stereocenters. The van der Waals surface area contributed by atoms with Crippen LogP contribution in [0.1, 0.15) is 50.9 Å². The van der Waals surface area contributed by atoms with Crippen LogP contribution in [-0.2, 0) is 29.1 Å². The first-order chi connectivity index (χ1) is 10.1. The summed E-state index contributed by atoms with van der Waals surface area (Å²) in [6, 6.07) is 0. The third-order valence-electron chi connectivity index (χ3n) is 4.17.